The zero-order chi connectivity index (χ0) is 16.9. The maximum absolute atomic E-state index is 5.99. The third kappa shape index (κ3) is 4.43. The largest absolute Gasteiger partial charge is 0.489 e. The van der Waals surface area contributed by atoms with E-state index >= 15 is 0 Å². The number of benzene rings is 2. The van der Waals surface area contributed by atoms with Crippen LogP contribution in [0.2, 0.25) is 0 Å². The average Bonchev–Trinajstić information content (AvgIpc) is 2.65. The molecule has 0 atom stereocenters. The molecule has 1 saturated heterocycles. The predicted octanol–water partition coefficient (Wildman–Crippen LogP) is 5.25. The second-order valence-corrected chi connectivity index (χ2v) is 7.74. The first-order valence-corrected chi connectivity index (χ1v) is 9.86. The summed E-state index contributed by atoms with van der Waals surface area (Å²) in [5.74, 6) is 2.63. The van der Waals surface area contributed by atoms with Crippen LogP contribution in [0.25, 0.3) is 0 Å². The van der Waals surface area contributed by atoms with Crippen LogP contribution in [-0.4, -0.2) is 24.5 Å². The standard InChI is InChI=1S/C23H29NO/c1-3-8-19(9-4-1)18-25-23-11-7-10-21(16-23)22-14-20(15-22)17-24-12-5-2-6-13-24/h1,3-4,7-11,16,20,22H,2,5-6,12-15,17-18H2. The molecule has 2 aromatic carbocycles. The molecule has 2 aliphatic rings. The lowest BCUT2D eigenvalue weighted by Crippen LogP contribution is -2.38. The smallest absolute Gasteiger partial charge is 0.120 e. The van der Waals surface area contributed by atoms with E-state index in [2.05, 4.69) is 53.4 Å². The minimum absolute atomic E-state index is 0.645. The first-order chi connectivity index (χ1) is 12.4. The van der Waals surface area contributed by atoms with E-state index in [0.717, 1.165) is 17.6 Å². The van der Waals surface area contributed by atoms with E-state index in [0.29, 0.717) is 6.61 Å². The number of rotatable bonds is 6. The Morgan fingerprint density at radius 2 is 1.68 bits per heavy atom. The Morgan fingerprint density at radius 1 is 0.880 bits per heavy atom. The van der Waals surface area contributed by atoms with Crippen molar-refractivity contribution in [1.29, 1.82) is 0 Å². The molecule has 4 rings (SSSR count). The first-order valence-electron chi connectivity index (χ1n) is 9.86. The summed E-state index contributed by atoms with van der Waals surface area (Å²) in [5.41, 5.74) is 2.68. The van der Waals surface area contributed by atoms with Crippen molar-refractivity contribution < 1.29 is 4.74 Å². The van der Waals surface area contributed by atoms with Gasteiger partial charge in [-0.05, 0) is 73.9 Å². The number of ether oxygens (including phenoxy) is 1. The van der Waals surface area contributed by atoms with Gasteiger partial charge < -0.3 is 9.64 Å². The van der Waals surface area contributed by atoms with E-state index in [1.54, 1.807) is 0 Å². The SMILES string of the molecule is c1ccc(COc2cccc(C3CC(CN4CCCCC4)C3)c2)cc1. The van der Waals surface area contributed by atoms with E-state index in [1.807, 2.05) is 6.07 Å². The number of hydrogen-bond donors (Lipinski definition) is 0. The van der Waals surface area contributed by atoms with Gasteiger partial charge in [-0.2, -0.15) is 0 Å². The summed E-state index contributed by atoms with van der Waals surface area (Å²) < 4.78 is 5.99. The molecule has 0 aromatic heterocycles. The maximum atomic E-state index is 5.99. The molecule has 1 aliphatic carbocycles. The molecule has 0 spiro atoms. The molecule has 2 fully saturated rings. The molecule has 2 aromatic rings. The second-order valence-electron chi connectivity index (χ2n) is 7.74. The van der Waals surface area contributed by atoms with E-state index in [9.17, 15) is 0 Å². The summed E-state index contributed by atoms with van der Waals surface area (Å²) in [6, 6.07) is 19.1. The Hall–Kier alpha value is -1.80. The Bertz CT molecular complexity index is 657. The number of hydrogen-bond acceptors (Lipinski definition) is 2. The van der Waals surface area contributed by atoms with Crippen LogP contribution in [0.4, 0.5) is 0 Å². The van der Waals surface area contributed by atoms with E-state index in [-0.39, 0.29) is 0 Å². The number of likely N-dealkylation sites (tertiary alicyclic amines) is 1. The van der Waals surface area contributed by atoms with Crippen molar-refractivity contribution in [2.75, 3.05) is 19.6 Å². The van der Waals surface area contributed by atoms with Gasteiger partial charge >= 0.3 is 0 Å². The summed E-state index contributed by atoms with van der Waals surface area (Å²) in [4.78, 5) is 2.68. The molecule has 1 saturated carbocycles. The van der Waals surface area contributed by atoms with Crippen molar-refractivity contribution >= 4 is 0 Å². The van der Waals surface area contributed by atoms with Gasteiger partial charge in [0.15, 0.2) is 0 Å². The van der Waals surface area contributed by atoms with Crippen molar-refractivity contribution in [3.63, 3.8) is 0 Å². The van der Waals surface area contributed by atoms with Crippen molar-refractivity contribution in [3.8, 4) is 5.75 Å². The summed E-state index contributed by atoms with van der Waals surface area (Å²) in [7, 11) is 0. The Labute approximate surface area is 151 Å². The maximum Gasteiger partial charge on any atom is 0.120 e. The lowest BCUT2D eigenvalue weighted by atomic mass is 9.71. The molecular formula is C23H29NO. The van der Waals surface area contributed by atoms with Gasteiger partial charge in [0.05, 0.1) is 0 Å². The van der Waals surface area contributed by atoms with Gasteiger partial charge in [0.25, 0.3) is 0 Å². The lowest BCUT2D eigenvalue weighted by molar-refractivity contribution is 0.140. The highest BCUT2D eigenvalue weighted by Crippen LogP contribution is 2.42. The quantitative estimate of drug-likeness (QED) is 0.715. The number of nitrogens with zero attached hydrogens (tertiary/aromatic N) is 1. The van der Waals surface area contributed by atoms with Gasteiger partial charge in [0, 0.05) is 6.54 Å². The van der Waals surface area contributed by atoms with Crippen LogP contribution in [-0.2, 0) is 6.61 Å². The lowest BCUT2D eigenvalue weighted by Gasteiger charge is -2.40. The van der Waals surface area contributed by atoms with Crippen LogP contribution < -0.4 is 4.74 Å². The molecular weight excluding hydrogens is 306 g/mol. The summed E-state index contributed by atoms with van der Waals surface area (Å²) in [6.07, 6.45) is 6.92. The summed E-state index contributed by atoms with van der Waals surface area (Å²) in [5, 5.41) is 0. The zero-order valence-electron chi connectivity index (χ0n) is 15.1. The van der Waals surface area contributed by atoms with E-state index in [1.165, 1.54) is 62.9 Å². The van der Waals surface area contributed by atoms with Crippen LogP contribution in [0.5, 0.6) is 5.75 Å². The van der Waals surface area contributed by atoms with Crippen molar-refractivity contribution in [3.05, 3.63) is 65.7 Å². The van der Waals surface area contributed by atoms with Crippen molar-refractivity contribution in [2.24, 2.45) is 5.92 Å². The van der Waals surface area contributed by atoms with Gasteiger partial charge in [0.2, 0.25) is 0 Å². The molecule has 0 unspecified atom stereocenters. The third-order valence-electron chi connectivity index (χ3n) is 5.78. The monoisotopic (exact) mass is 335 g/mol. The van der Waals surface area contributed by atoms with Crippen molar-refractivity contribution in [2.45, 2.75) is 44.6 Å². The molecule has 0 N–H and O–H groups in total. The van der Waals surface area contributed by atoms with Crippen LogP contribution >= 0.6 is 0 Å². The zero-order valence-corrected chi connectivity index (χ0v) is 15.1. The topological polar surface area (TPSA) is 12.5 Å². The van der Waals surface area contributed by atoms with Crippen LogP contribution in [0, 0.1) is 5.92 Å². The Morgan fingerprint density at radius 3 is 2.48 bits per heavy atom. The molecule has 25 heavy (non-hydrogen) atoms. The highest BCUT2D eigenvalue weighted by molar-refractivity contribution is 5.32. The van der Waals surface area contributed by atoms with Gasteiger partial charge in [-0.1, -0.05) is 48.9 Å². The van der Waals surface area contributed by atoms with Crippen molar-refractivity contribution in [1.82, 2.24) is 4.90 Å². The van der Waals surface area contributed by atoms with Crippen LogP contribution in [0.15, 0.2) is 54.6 Å². The molecule has 2 nitrogen and oxygen atoms in total. The van der Waals surface area contributed by atoms with Gasteiger partial charge in [-0.3, -0.25) is 0 Å². The predicted molar refractivity (Wildman–Crippen MR) is 103 cm³/mol. The van der Waals surface area contributed by atoms with Gasteiger partial charge in [-0.25, -0.2) is 0 Å². The molecule has 1 heterocycles. The Balaban J connectivity index is 1.27. The van der Waals surface area contributed by atoms with Crippen LogP contribution in [0.1, 0.15) is 49.1 Å². The highest BCUT2D eigenvalue weighted by atomic mass is 16.5. The number of piperidine rings is 1. The molecule has 0 bridgehead atoms. The van der Waals surface area contributed by atoms with Crippen LogP contribution in [0.3, 0.4) is 0 Å². The molecule has 0 radical (unpaired) electrons. The summed E-state index contributed by atoms with van der Waals surface area (Å²) in [6.45, 7) is 4.61. The third-order valence-corrected chi connectivity index (χ3v) is 5.78. The molecule has 1 aliphatic heterocycles. The highest BCUT2D eigenvalue weighted by Gasteiger charge is 2.31. The normalized spacial score (nSPS) is 23.8. The van der Waals surface area contributed by atoms with Gasteiger partial charge in [-0.15, -0.1) is 0 Å². The Kier molecular flexibility index (Phi) is 5.37. The fraction of sp³-hybridized carbons (Fsp3) is 0.478. The van der Waals surface area contributed by atoms with Gasteiger partial charge in [0.1, 0.15) is 12.4 Å². The fourth-order valence-electron chi connectivity index (χ4n) is 4.26. The molecule has 2 heteroatoms. The first kappa shape index (κ1) is 16.7. The average molecular weight is 335 g/mol. The second kappa shape index (κ2) is 8.05. The minimum atomic E-state index is 0.645. The molecule has 0 amide bonds. The fourth-order valence-corrected chi connectivity index (χ4v) is 4.26. The van der Waals surface area contributed by atoms with E-state index in [4.69, 9.17) is 4.74 Å². The minimum Gasteiger partial charge on any atom is -0.489 e. The van der Waals surface area contributed by atoms with E-state index < -0.39 is 0 Å². The summed E-state index contributed by atoms with van der Waals surface area (Å²) >= 11 is 0. The molecule has 132 valence electrons.